The van der Waals surface area contributed by atoms with Crippen molar-refractivity contribution in [2.75, 3.05) is 0 Å². The molecule has 0 saturated heterocycles. The summed E-state index contributed by atoms with van der Waals surface area (Å²) in [4.78, 5) is 16.2. The molecule has 6 heteroatoms. The van der Waals surface area contributed by atoms with Crippen molar-refractivity contribution in [2.45, 2.75) is 51.1 Å². The van der Waals surface area contributed by atoms with Crippen molar-refractivity contribution in [3.63, 3.8) is 0 Å². The van der Waals surface area contributed by atoms with E-state index >= 15 is 0 Å². The standard InChI is InChI=1S/C18H24N4O2/c1-18(17(23)24,9-13-6-4-3-5-7-13)20-11-14-8-15-12-21-22(2)16(15)19-10-14/h6,8,10,12,20H,3-5,7,9,11H2,1-2H3,(H,23,24). The summed E-state index contributed by atoms with van der Waals surface area (Å²) in [5.41, 5.74) is 2.07. The molecule has 0 amide bonds. The average molecular weight is 328 g/mol. The van der Waals surface area contributed by atoms with Crippen molar-refractivity contribution in [3.05, 3.63) is 35.7 Å². The number of rotatable bonds is 6. The topological polar surface area (TPSA) is 80.0 Å². The van der Waals surface area contributed by atoms with Gasteiger partial charge in [0, 0.05) is 25.2 Å². The van der Waals surface area contributed by atoms with Crippen LogP contribution in [0.5, 0.6) is 0 Å². The van der Waals surface area contributed by atoms with Gasteiger partial charge in [0.15, 0.2) is 5.65 Å². The molecule has 0 aliphatic heterocycles. The van der Waals surface area contributed by atoms with Crippen molar-refractivity contribution in [3.8, 4) is 0 Å². The maximum absolute atomic E-state index is 11.8. The van der Waals surface area contributed by atoms with E-state index < -0.39 is 11.5 Å². The fourth-order valence-corrected chi connectivity index (χ4v) is 3.22. The smallest absolute Gasteiger partial charge is 0.323 e. The Kier molecular flexibility index (Phi) is 4.66. The zero-order valence-corrected chi connectivity index (χ0v) is 14.2. The third-order valence-corrected chi connectivity index (χ3v) is 4.75. The molecule has 3 rings (SSSR count). The summed E-state index contributed by atoms with van der Waals surface area (Å²) in [7, 11) is 1.85. The molecule has 1 unspecified atom stereocenters. The van der Waals surface area contributed by atoms with E-state index in [0.717, 1.165) is 35.9 Å². The van der Waals surface area contributed by atoms with Crippen LogP contribution in [0.2, 0.25) is 0 Å². The van der Waals surface area contributed by atoms with Gasteiger partial charge in [0.05, 0.1) is 6.20 Å². The molecule has 0 spiro atoms. The van der Waals surface area contributed by atoms with E-state index in [9.17, 15) is 9.90 Å². The van der Waals surface area contributed by atoms with Crippen LogP contribution in [0.15, 0.2) is 30.1 Å². The Balaban J connectivity index is 1.72. The number of fused-ring (bicyclic) bond motifs is 1. The van der Waals surface area contributed by atoms with Gasteiger partial charge in [-0.2, -0.15) is 5.10 Å². The largest absolute Gasteiger partial charge is 0.480 e. The molecule has 6 nitrogen and oxygen atoms in total. The van der Waals surface area contributed by atoms with E-state index in [-0.39, 0.29) is 0 Å². The summed E-state index contributed by atoms with van der Waals surface area (Å²) in [5, 5.41) is 18.1. The number of nitrogens with one attached hydrogen (secondary N) is 1. The predicted molar refractivity (Wildman–Crippen MR) is 92.6 cm³/mol. The molecular weight excluding hydrogens is 304 g/mol. The molecular formula is C18H24N4O2. The van der Waals surface area contributed by atoms with Crippen LogP contribution in [0.25, 0.3) is 11.0 Å². The Labute approximate surface area is 141 Å². The first kappa shape index (κ1) is 16.6. The summed E-state index contributed by atoms with van der Waals surface area (Å²) in [5.74, 6) is -0.815. The quantitative estimate of drug-likeness (QED) is 0.797. The van der Waals surface area contributed by atoms with Crippen molar-refractivity contribution in [2.24, 2.45) is 7.05 Å². The molecule has 0 fully saturated rings. The SMILES string of the molecule is Cn1ncc2cc(CNC(C)(CC3=CCCCC3)C(=O)O)cnc21. The van der Waals surface area contributed by atoms with Gasteiger partial charge in [0.1, 0.15) is 5.54 Å². The lowest BCUT2D eigenvalue weighted by atomic mass is 9.87. The maximum atomic E-state index is 11.8. The Morgan fingerprint density at radius 1 is 1.42 bits per heavy atom. The van der Waals surface area contributed by atoms with Crippen LogP contribution in [-0.2, 0) is 18.4 Å². The molecule has 0 saturated carbocycles. The second-order valence-corrected chi connectivity index (χ2v) is 6.80. The molecule has 0 radical (unpaired) electrons. The van der Waals surface area contributed by atoms with Gasteiger partial charge in [-0.15, -0.1) is 0 Å². The maximum Gasteiger partial charge on any atom is 0.323 e. The van der Waals surface area contributed by atoms with Gasteiger partial charge in [-0.1, -0.05) is 11.6 Å². The number of aliphatic carboxylic acids is 1. The van der Waals surface area contributed by atoms with Gasteiger partial charge < -0.3 is 5.11 Å². The van der Waals surface area contributed by atoms with Gasteiger partial charge in [-0.05, 0) is 50.7 Å². The number of hydrogen-bond donors (Lipinski definition) is 2. The Hall–Kier alpha value is -2.21. The van der Waals surface area contributed by atoms with E-state index in [1.165, 1.54) is 12.0 Å². The number of aromatic nitrogens is 3. The molecule has 2 aromatic rings. The van der Waals surface area contributed by atoms with Crippen LogP contribution in [0, 0.1) is 0 Å². The fourth-order valence-electron chi connectivity index (χ4n) is 3.22. The number of aryl methyl sites for hydroxylation is 1. The van der Waals surface area contributed by atoms with E-state index in [0.29, 0.717) is 13.0 Å². The van der Waals surface area contributed by atoms with Crippen molar-refractivity contribution in [1.29, 1.82) is 0 Å². The summed E-state index contributed by atoms with van der Waals surface area (Å²) in [6.45, 7) is 2.23. The normalized spacial score (nSPS) is 17.5. The number of nitrogens with zero attached hydrogens (tertiary/aromatic N) is 3. The van der Waals surface area contributed by atoms with E-state index in [1.54, 1.807) is 24.0 Å². The molecule has 2 aromatic heterocycles. The first-order valence-electron chi connectivity index (χ1n) is 8.41. The first-order chi connectivity index (χ1) is 11.5. The number of carboxylic acids is 1. The number of pyridine rings is 1. The highest BCUT2D eigenvalue weighted by Gasteiger charge is 2.33. The molecule has 0 aromatic carbocycles. The molecule has 1 atom stereocenters. The minimum absolute atomic E-state index is 0.466. The van der Waals surface area contributed by atoms with E-state index in [4.69, 9.17) is 0 Å². The number of carboxylic acid groups (broad SMARTS) is 1. The minimum atomic E-state index is -0.965. The summed E-state index contributed by atoms with van der Waals surface area (Å²) >= 11 is 0. The lowest BCUT2D eigenvalue weighted by Gasteiger charge is -2.28. The van der Waals surface area contributed by atoms with Crippen LogP contribution in [0.1, 0.15) is 44.6 Å². The van der Waals surface area contributed by atoms with Crippen LogP contribution in [0.4, 0.5) is 0 Å². The van der Waals surface area contributed by atoms with Gasteiger partial charge in [-0.25, -0.2) is 4.98 Å². The average Bonchev–Trinajstić information content (AvgIpc) is 2.94. The van der Waals surface area contributed by atoms with Crippen LogP contribution in [0.3, 0.4) is 0 Å². The Morgan fingerprint density at radius 3 is 2.96 bits per heavy atom. The second kappa shape index (κ2) is 6.73. The highest BCUT2D eigenvalue weighted by Crippen LogP contribution is 2.26. The van der Waals surface area contributed by atoms with Gasteiger partial charge >= 0.3 is 5.97 Å². The highest BCUT2D eigenvalue weighted by atomic mass is 16.4. The molecule has 2 N–H and O–H groups in total. The highest BCUT2D eigenvalue weighted by molar-refractivity contribution is 5.79. The van der Waals surface area contributed by atoms with Gasteiger partial charge in [0.25, 0.3) is 0 Å². The predicted octanol–water partition coefficient (Wildman–Crippen LogP) is 2.79. The minimum Gasteiger partial charge on any atom is -0.480 e. The van der Waals surface area contributed by atoms with Gasteiger partial charge in [0.2, 0.25) is 0 Å². The van der Waals surface area contributed by atoms with Crippen molar-refractivity contribution < 1.29 is 9.90 Å². The number of carbonyl (C=O) groups is 1. The van der Waals surface area contributed by atoms with Crippen LogP contribution in [-0.4, -0.2) is 31.4 Å². The Morgan fingerprint density at radius 2 is 2.25 bits per heavy atom. The number of hydrogen-bond acceptors (Lipinski definition) is 4. The zero-order chi connectivity index (χ0) is 17.2. The third kappa shape index (κ3) is 3.48. The van der Waals surface area contributed by atoms with Crippen LogP contribution >= 0.6 is 0 Å². The summed E-state index contributed by atoms with van der Waals surface area (Å²) in [6, 6.07) is 2.00. The zero-order valence-electron chi connectivity index (χ0n) is 14.2. The Bertz CT molecular complexity index is 780. The molecule has 0 bridgehead atoms. The summed E-state index contributed by atoms with van der Waals surface area (Å²) in [6.07, 6.45) is 10.7. The lowest BCUT2D eigenvalue weighted by Crippen LogP contribution is -2.49. The monoisotopic (exact) mass is 328 g/mol. The number of allylic oxidation sites excluding steroid dienone is 1. The molecule has 2 heterocycles. The summed E-state index contributed by atoms with van der Waals surface area (Å²) < 4.78 is 1.73. The van der Waals surface area contributed by atoms with E-state index in [1.807, 2.05) is 13.1 Å². The van der Waals surface area contributed by atoms with Gasteiger partial charge in [-0.3, -0.25) is 14.8 Å². The van der Waals surface area contributed by atoms with E-state index in [2.05, 4.69) is 21.5 Å². The lowest BCUT2D eigenvalue weighted by molar-refractivity contribution is -0.144. The fraction of sp³-hybridized carbons (Fsp3) is 0.500. The van der Waals surface area contributed by atoms with Crippen LogP contribution < -0.4 is 5.32 Å². The molecule has 1 aliphatic rings. The third-order valence-electron chi connectivity index (χ3n) is 4.75. The van der Waals surface area contributed by atoms with Crippen molar-refractivity contribution >= 4 is 17.0 Å². The molecule has 128 valence electrons. The molecule has 24 heavy (non-hydrogen) atoms. The molecule has 1 aliphatic carbocycles. The van der Waals surface area contributed by atoms with Crippen molar-refractivity contribution in [1.82, 2.24) is 20.1 Å². The second-order valence-electron chi connectivity index (χ2n) is 6.80. The first-order valence-corrected chi connectivity index (χ1v) is 8.41.